The van der Waals surface area contributed by atoms with Gasteiger partial charge in [-0.05, 0) is 75.8 Å². The average Bonchev–Trinajstić information content (AvgIpc) is 3.13. The van der Waals surface area contributed by atoms with Crippen LogP contribution in [-0.2, 0) is 4.79 Å². The molecule has 3 N–H and O–H groups in total. The van der Waals surface area contributed by atoms with Gasteiger partial charge in [0.2, 0.25) is 5.91 Å². The molecule has 1 amide bonds. The molecule has 4 fully saturated rings. The van der Waals surface area contributed by atoms with Crippen molar-refractivity contribution in [2.24, 2.45) is 23.7 Å². The maximum Gasteiger partial charge on any atom is 0.237 e. The standard InChI is InChI=1S/C21H36FN3O/c1-13-5-6-18(22)17-12-19(25-20(13)17)21(26)24-16-4-2-3-15(11-16)14-7-9-23-10-8-14/h13-20,23,25H,2-12H2,1H3,(H,24,26)/t13?,15-,16+,17?,18?,19?,20?/m1/s1. The number of amides is 1. The van der Waals surface area contributed by atoms with E-state index in [1.807, 2.05) is 0 Å². The van der Waals surface area contributed by atoms with Crippen LogP contribution in [0.4, 0.5) is 4.39 Å². The van der Waals surface area contributed by atoms with Crippen LogP contribution >= 0.6 is 0 Å². The van der Waals surface area contributed by atoms with E-state index in [0.29, 0.717) is 24.8 Å². The maximum atomic E-state index is 14.3. The molecule has 2 aliphatic carbocycles. The topological polar surface area (TPSA) is 53.2 Å². The molecule has 2 saturated heterocycles. The second kappa shape index (κ2) is 8.14. The van der Waals surface area contributed by atoms with Crippen LogP contribution in [0.15, 0.2) is 0 Å². The van der Waals surface area contributed by atoms with Gasteiger partial charge in [0, 0.05) is 18.0 Å². The first kappa shape index (κ1) is 18.7. The first-order valence-electron chi connectivity index (χ1n) is 11.0. The first-order chi connectivity index (χ1) is 12.6. The molecule has 2 saturated carbocycles. The van der Waals surface area contributed by atoms with Crippen molar-refractivity contribution in [2.45, 2.75) is 89.0 Å². The van der Waals surface area contributed by atoms with E-state index in [-0.39, 0.29) is 23.9 Å². The van der Waals surface area contributed by atoms with Crippen LogP contribution in [0.1, 0.15) is 64.7 Å². The van der Waals surface area contributed by atoms with E-state index in [9.17, 15) is 9.18 Å². The number of alkyl halides is 1. The molecule has 148 valence electrons. The third kappa shape index (κ3) is 3.94. The Morgan fingerprint density at radius 1 is 1.00 bits per heavy atom. The molecule has 2 heterocycles. The van der Waals surface area contributed by atoms with Crippen LogP contribution in [0.25, 0.3) is 0 Å². The quantitative estimate of drug-likeness (QED) is 0.721. The second-order valence-corrected chi connectivity index (χ2v) is 9.43. The van der Waals surface area contributed by atoms with Crippen LogP contribution in [-0.4, -0.2) is 43.3 Å². The minimum absolute atomic E-state index is 0.0309. The van der Waals surface area contributed by atoms with E-state index < -0.39 is 6.17 Å². The van der Waals surface area contributed by atoms with Gasteiger partial charge in [0.1, 0.15) is 6.17 Å². The molecule has 0 aromatic carbocycles. The van der Waals surface area contributed by atoms with Crippen LogP contribution in [0.5, 0.6) is 0 Å². The van der Waals surface area contributed by atoms with Gasteiger partial charge in [-0.2, -0.15) is 0 Å². The zero-order valence-electron chi connectivity index (χ0n) is 16.2. The first-order valence-corrected chi connectivity index (χ1v) is 11.0. The summed E-state index contributed by atoms with van der Waals surface area (Å²) in [6, 6.07) is 0.311. The van der Waals surface area contributed by atoms with Gasteiger partial charge in [-0.1, -0.05) is 19.8 Å². The van der Waals surface area contributed by atoms with Gasteiger partial charge in [-0.3, -0.25) is 4.79 Å². The highest BCUT2D eigenvalue weighted by atomic mass is 19.1. The number of piperidine rings is 1. The third-order valence-corrected chi connectivity index (χ3v) is 7.77. The fourth-order valence-corrected chi connectivity index (χ4v) is 6.20. The largest absolute Gasteiger partial charge is 0.352 e. The Morgan fingerprint density at radius 2 is 1.81 bits per heavy atom. The maximum absolute atomic E-state index is 14.3. The highest BCUT2D eigenvalue weighted by molar-refractivity contribution is 5.82. The highest BCUT2D eigenvalue weighted by Crippen LogP contribution is 2.39. The van der Waals surface area contributed by atoms with Crippen molar-refractivity contribution in [1.82, 2.24) is 16.0 Å². The lowest BCUT2D eigenvalue weighted by atomic mass is 9.74. The molecule has 0 bridgehead atoms. The van der Waals surface area contributed by atoms with E-state index >= 15 is 0 Å². The Balaban J connectivity index is 1.30. The molecule has 4 nitrogen and oxygen atoms in total. The van der Waals surface area contributed by atoms with Gasteiger partial charge in [-0.25, -0.2) is 4.39 Å². The summed E-state index contributed by atoms with van der Waals surface area (Å²) in [5.74, 6) is 2.23. The number of hydrogen-bond acceptors (Lipinski definition) is 3. The highest BCUT2D eigenvalue weighted by Gasteiger charge is 2.46. The summed E-state index contributed by atoms with van der Waals surface area (Å²) < 4.78 is 14.3. The number of rotatable bonds is 3. The van der Waals surface area contributed by atoms with Crippen molar-refractivity contribution in [1.29, 1.82) is 0 Å². The van der Waals surface area contributed by atoms with Crippen molar-refractivity contribution < 1.29 is 9.18 Å². The van der Waals surface area contributed by atoms with E-state index in [1.165, 1.54) is 25.7 Å². The van der Waals surface area contributed by atoms with E-state index in [1.54, 1.807) is 0 Å². The third-order valence-electron chi connectivity index (χ3n) is 7.77. The van der Waals surface area contributed by atoms with E-state index in [0.717, 1.165) is 44.2 Å². The van der Waals surface area contributed by atoms with E-state index in [4.69, 9.17) is 0 Å². The fourth-order valence-electron chi connectivity index (χ4n) is 6.20. The molecule has 5 heteroatoms. The summed E-state index contributed by atoms with van der Waals surface area (Å²) >= 11 is 0. The Kier molecular flexibility index (Phi) is 5.84. The number of hydrogen-bond donors (Lipinski definition) is 3. The summed E-state index contributed by atoms with van der Waals surface area (Å²) in [6.07, 6.45) is 8.91. The van der Waals surface area contributed by atoms with Crippen molar-refractivity contribution in [3.05, 3.63) is 0 Å². The van der Waals surface area contributed by atoms with Crippen molar-refractivity contribution >= 4 is 5.91 Å². The summed E-state index contributed by atoms with van der Waals surface area (Å²) in [5, 5.41) is 10.3. The molecule has 4 aliphatic rings. The van der Waals surface area contributed by atoms with Crippen LogP contribution in [0, 0.1) is 23.7 Å². The minimum Gasteiger partial charge on any atom is -0.352 e. The Morgan fingerprint density at radius 3 is 2.58 bits per heavy atom. The molecule has 4 rings (SSSR count). The molecular weight excluding hydrogens is 329 g/mol. The van der Waals surface area contributed by atoms with Crippen LogP contribution in [0.2, 0.25) is 0 Å². The number of fused-ring (bicyclic) bond motifs is 1. The van der Waals surface area contributed by atoms with Gasteiger partial charge in [-0.15, -0.1) is 0 Å². The molecule has 0 spiro atoms. The van der Waals surface area contributed by atoms with Crippen molar-refractivity contribution in [2.75, 3.05) is 13.1 Å². The minimum atomic E-state index is -0.736. The average molecular weight is 366 g/mol. The van der Waals surface area contributed by atoms with Crippen molar-refractivity contribution in [3.63, 3.8) is 0 Å². The number of nitrogens with one attached hydrogen (secondary N) is 3. The number of carbonyl (C=O) groups is 1. The Hall–Kier alpha value is -0.680. The van der Waals surface area contributed by atoms with Gasteiger partial charge >= 0.3 is 0 Å². The van der Waals surface area contributed by atoms with Crippen LogP contribution < -0.4 is 16.0 Å². The lowest BCUT2D eigenvalue weighted by Gasteiger charge is -2.37. The second-order valence-electron chi connectivity index (χ2n) is 9.43. The predicted molar refractivity (Wildman–Crippen MR) is 102 cm³/mol. The van der Waals surface area contributed by atoms with Gasteiger partial charge in [0.05, 0.1) is 6.04 Å². The molecule has 0 aromatic rings. The van der Waals surface area contributed by atoms with Crippen molar-refractivity contribution in [3.8, 4) is 0 Å². The molecule has 0 aromatic heterocycles. The molecule has 5 unspecified atom stereocenters. The van der Waals surface area contributed by atoms with Crippen LogP contribution in [0.3, 0.4) is 0 Å². The number of carbonyl (C=O) groups excluding carboxylic acids is 1. The Labute approximate surface area is 157 Å². The lowest BCUT2D eigenvalue weighted by Crippen LogP contribution is -2.49. The monoisotopic (exact) mass is 365 g/mol. The normalized spacial score (nSPS) is 44.5. The summed E-state index contributed by atoms with van der Waals surface area (Å²) in [7, 11) is 0. The Bertz CT molecular complexity index is 478. The zero-order chi connectivity index (χ0) is 18.1. The van der Waals surface area contributed by atoms with Gasteiger partial charge < -0.3 is 16.0 Å². The molecular formula is C21H36FN3O. The molecule has 26 heavy (non-hydrogen) atoms. The SMILES string of the molecule is CC1CCC(F)C2CC(C(=O)N[C@H]3CCC[C@@H](C4CCNCC4)C3)NC12. The zero-order valence-corrected chi connectivity index (χ0v) is 16.2. The summed E-state index contributed by atoms with van der Waals surface area (Å²) in [6.45, 7) is 4.49. The molecule has 0 radical (unpaired) electrons. The predicted octanol–water partition coefficient (Wildman–Crippen LogP) is 2.78. The summed E-state index contributed by atoms with van der Waals surface area (Å²) in [4.78, 5) is 12.8. The van der Waals surface area contributed by atoms with Gasteiger partial charge in [0.25, 0.3) is 0 Å². The van der Waals surface area contributed by atoms with E-state index in [2.05, 4.69) is 22.9 Å². The summed E-state index contributed by atoms with van der Waals surface area (Å²) in [5.41, 5.74) is 0. The van der Waals surface area contributed by atoms with Gasteiger partial charge in [0.15, 0.2) is 0 Å². The fraction of sp³-hybridized carbons (Fsp3) is 0.952. The number of halogens is 1. The smallest absolute Gasteiger partial charge is 0.237 e. The molecule has 2 aliphatic heterocycles. The lowest BCUT2D eigenvalue weighted by molar-refractivity contribution is -0.124. The molecule has 7 atom stereocenters.